The number of carboxylic acid groups (broad SMARTS) is 1. The summed E-state index contributed by atoms with van der Waals surface area (Å²) in [6, 6.07) is -1.54. The Hall–Kier alpha value is -3.86. The summed E-state index contributed by atoms with van der Waals surface area (Å²) in [6.45, 7) is 2.44. The summed E-state index contributed by atoms with van der Waals surface area (Å²) in [6.07, 6.45) is 54.6. The third-order valence-corrected chi connectivity index (χ3v) is 9.59. The summed E-state index contributed by atoms with van der Waals surface area (Å²) >= 11 is 0. The fourth-order valence-electron chi connectivity index (χ4n) is 5.26. The van der Waals surface area contributed by atoms with Gasteiger partial charge in [0, 0.05) is 12.8 Å². The van der Waals surface area contributed by atoms with Crippen LogP contribution in [-0.2, 0) is 37.5 Å². The number of esters is 2. The lowest BCUT2D eigenvalue weighted by Crippen LogP contribution is -2.34. The first kappa shape index (κ1) is 56.1. The van der Waals surface area contributed by atoms with Gasteiger partial charge in [0.15, 0.2) is 6.10 Å². The van der Waals surface area contributed by atoms with E-state index in [1.54, 1.807) is 0 Å². The number of hydrogen-bond donors (Lipinski definition) is 3. The number of rotatable bonds is 39. The van der Waals surface area contributed by atoms with Crippen LogP contribution in [0.25, 0.3) is 0 Å². The van der Waals surface area contributed by atoms with Gasteiger partial charge in [-0.2, -0.15) is 0 Å². The number of carbonyl (C=O) groups is 3. The zero-order chi connectivity index (χ0) is 44.2. The molecule has 338 valence electrons. The van der Waals surface area contributed by atoms with Crippen LogP contribution in [-0.4, -0.2) is 59.9 Å². The number of phosphoric ester groups is 1. The Bertz CT molecular complexity index is 1430. The average molecular weight is 858 g/mol. The van der Waals surface area contributed by atoms with Crippen LogP contribution in [0.1, 0.15) is 142 Å². The average Bonchev–Trinajstić information content (AvgIpc) is 3.22. The number of aliphatic carboxylic acids is 1. The van der Waals surface area contributed by atoms with Crippen LogP contribution in [0.4, 0.5) is 0 Å². The van der Waals surface area contributed by atoms with E-state index in [0.29, 0.717) is 19.3 Å². The maximum atomic E-state index is 12.6. The molecular weight excluding hydrogens is 781 g/mol. The summed E-state index contributed by atoms with van der Waals surface area (Å²) in [4.78, 5) is 45.9. The molecule has 12 heteroatoms. The first-order valence-corrected chi connectivity index (χ1v) is 23.5. The van der Waals surface area contributed by atoms with Crippen LogP contribution in [0.2, 0.25) is 0 Å². The van der Waals surface area contributed by atoms with E-state index in [4.69, 9.17) is 24.8 Å². The highest BCUT2D eigenvalue weighted by Crippen LogP contribution is 2.43. The number of carboxylic acids is 1. The molecule has 0 bridgehead atoms. The second-order valence-corrected chi connectivity index (χ2v) is 15.6. The Balaban J connectivity index is 4.37. The molecule has 0 saturated carbocycles. The van der Waals surface area contributed by atoms with Gasteiger partial charge in [-0.05, 0) is 64.2 Å². The summed E-state index contributed by atoms with van der Waals surface area (Å²) in [5.74, 6) is -2.50. The molecule has 0 heterocycles. The minimum atomic E-state index is -4.74. The lowest BCUT2D eigenvalue weighted by molar-refractivity contribution is -0.161. The van der Waals surface area contributed by atoms with Crippen molar-refractivity contribution in [3.05, 3.63) is 109 Å². The zero-order valence-corrected chi connectivity index (χ0v) is 37.4. The number of unbranched alkanes of at least 4 members (excludes halogenated alkanes) is 11. The van der Waals surface area contributed by atoms with Crippen molar-refractivity contribution < 1.29 is 47.5 Å². The smallest absolute Gasteiger partial charge is 0.472 e. The van der Waals surface area contributed by atoms with Crippen molar-refractivity contribution in [2.75, 3.05) is 19.8 Å². The molecule has 0 saturated heterocycles. The quantitative estimate of drug-likeness (QED) is 0.0177. The van der Waals surface area contributed by atoms with Crippen LogP contribution in [0, 0.1) is 0 Å². The Labute approximate surface area is 361 Å². The van der Waals surface area contributed by atoms with Gasteiger partial charge < -0.3 is 25.2 Å². The number of hydrogen-bond acceptors (Lipinski definition) is 9. The molecule has 0 radical (unpaired) electrons. The molecule has 0 amide bonds. The van der Waals surface area contributed by atoms with E-state index in [2.05, 4.69) is 73.1 Å². The second kappa shape index (κ2) is 41.9. The number of allylic oxidation sites excluding steroid dienone is 18. The van der Waals surface area contributed by atoms with Crippen LogP contribution < -0.4 is 5.73 Å². The molecule has 0 spiro atoms. The lowest BCUT2D eigenvalue weighted by atomic mass is 10.1. The molecule has 0 aromatic carbocycles. The molecule has 3 atom stereocenters. The van der Waals surface area contributed by atoms with Crippen molar-refractivity contribution >= 4 is 25.7 Å². The highest BCUT2D eigenvalue weighted by Gasteiger charge is 2.28. The molecule has 0 aromatic heterocycles. The van der Waals surface area contributed by atoms with E-state index >= 15 is 0 Å². The van der Waals surface area contributed by atoms with Gasteiger partial charge >= 0.3 is 25.7 Å². The SMILES string of the molecule is CC/C=C/C=C/C=C/C=C/C=C/CCCC(=O)OC(COC(=O)CCCCCCCCCCCC/C=C/C/C=C/C/C=C/C/C=C/CC)COP(=O)(O)OC[C@H](N)C(=O)O. The Kier molecular flexibility index (Phi) is 39.2. The van der Waals surface area contributed by atoms with Gasteiger partial charge in [0.25, 0.3) is 0 Å². The molecular formula is C48H76NO10P. The molecule has 4 N–H and O–H groups in total. The van der Waals surface area contributed by atoms with Crippen LogP contribution in [0.15, 0.2) is 109 Å². The predicted molar refractivity (Wildman–Crippen MR) is 244 cm³/mol. The molecule has 0 aliphatic heterocycles. The van der Waals surface area contributed by atoms with Crippen LogP contribution >= 0.6 is 7.82 Å². The van der Waals surface area contributed by atoms with Gasteiger partial charge in [0.1, 0.15) is 12.6 Å². The van der Waals surface area contributed by atoms with Gasteiger partial charge in [-0.3, -0.25) is 23.4 Å². The van der Waals surface area contributed by atoms with Crippen LogP contribution in [0.3, 0.4) is 0 Å². The molecule has 2 unspecified atom stereocenters. The van der Waals surface area contributed by atoms with Gasteiger partial charge in [-0.25, -0.2) is 4.57 Å². The lowest BCUT2D eigenvalue weighted by Gasteiger charge is -2.20. The van der Waals surface area contributed by atoms with Gasteiger partial charge in [-0.15, -0.1) is 0 Å². The highest BCUT2D eigenvalue weighted by atomic mass is 31.2. The third-order valence-electron chi connectivity index (χ3n) is 8.64. The van der Waals surface area contributed by atoms with Gasteiger partial charge in [-0.1, -0.05) is 175 Å². The number of phosphoric acid groups is 1. The molecule has 60 heavy (non-hydrogen) atoms. The summed E-state index contributed by atoms with van der Waals surface area (Å²) in [7, 11) is -4.74. The van der Waals surface area contributed by atoms with Crippen molar-refractivity contribution in [3.8, 4) is 0 Å². The molecule has 0 rings (SSSR count). The van der Waals surface area contributed by atoms with E-state index < -0.39 is 51.1 Å². The number of nitrogens with two attached hydrogens (primary N) is 1. The number of ether oxygens (including phenoxy) is 2. The van der Waals surface area contributed by atoms with Crippen molar-refractivity contribution in [3.63, 3.8) is 0 Å². The minimum absolute atomic E-state index is 0.0574. The first-order valence-electron chi connectivity index (χ1n) is 22.0. The van der Waals surface area contributed by atoms with Gasteiger partial charge in [0.2, 0.25) is 0 Å². The third kappa shape index (κ3) is 40.9. The fraction of sp³-hybridized carbons (Fsp3) is 0.562. The van der Waals surface area contributed by atoms with Gasteiger partial charge in [0.05, 0.1) is 13.2 Å². The van der Waals surface area contributed by atoms with Crippen molar-refractivity contribution in [1.82, 2.24) is 0 Å². The summed E-state index contributed by atoms with van der Waals surface area (Å²) in [5.41, 5.74) is 5.32. The minimum Gasteiger partial charge on any atom is -0.480 e. The summed E-state index contributed by atoms with van der Waals surface area (Å²) < 4.78 is 32.6. The topological polar surface area (TPSA) is 172 Å². The number of carbonyl (C=O) groups excluding carboxylic acids is 2. The van der Waals surface area contributed by atoms with Crippen molar-refractivity contribution in [1.29, 1.82) is 0 Å². The maximum Gasteiger partial charge on any atom is 0.472 e. The highest BCUT2D eigenvalue weighted by molar-refractivity contribution is 7.47. The van der Waals surface area contributed by atoms with E-state index in [1.165, 1.54) is 38.5 Å². The van der Waals surface area contributed by atoms with E-state index in [9.17, 15) is 23.8 Å². The van der Waals surface area contributed by atoms with Crippen molar-refractivity contribution in [2.45, 2.75) is 154 Å². The van der Waals surface area contributed by atoms with Crippen molar-refractivity contribution in [2.24, 2.45) is 5.73 Å². The van der Waals surface area contributed by atoms with Crippen LogP contribution in [0.5, 0.6) is 0 Å². The normalized spacial score (nSPS) is 14.7. The maximum absolute atomic E-state index is 12.6. The largest absolute Gasteiger partial charge is 0.480 e. The summed E-state index contributed by atoms with van der Waals surface area (Å²) in [5, 5.41) is 8.88. The molecule has 0 aliphatic carbocycles. The second-order valence-electron chi connectivity index (χ2n) is 14.2. The molecule has 0 aromatic rings. The monoisotopic (exact) mass is 858 g/mol. The predicted octanol–water partition coefficient (Wildman–Crippen LogP) is 11.8. The van der Waals surface area contributed by atoms with E-state index in [0.717, 1.165) is 57.8 Å². The molecule has 0 aliphatic rings. The zero-order valence-electron chi connectivity index (χ0n) is 36.5. The molecule has 11 nitrogen and oxygen atoms in total. The molecule has 0 fully saturated rings. The fourth-order valence-corrected chi connectivity index (χ4v) is 6.04. The van der Waals surface area contributed by atoms with E-state index in [1.807, 2.05) is 54.7 Å². The van der Waals surface area contributed by atoms with E-state index in [-0.39, 0.29) is 19.4 Å². The Morgan fingerprint density at radius 3 is 1.55 bits per heavy atom. The Morgan fingerprint density at radius 2 is 0.983 bits per heavy atom. The first-order chi connectivity index (χ1) is 29.1. The standard InChI is InChI=1S/C48H76NO10P/c1-3-5-7-9-11-13-15-17-18-19-20-21-22-23-24-25-26-28-29-31-33-35-37-39-46(50)56-41-44(42-57-60(54,55)58-43-45(49)48(52)53)59-47(51)40-38-36-34-32-30-27-16-14-12-10-8-6-4-2/h5-8,10-14,16-18,20-21,27,30,32,34,44-45H,3-4,9,15,19,22-26,28-29,31,33,35-43,49H2,1-2H3,(H,52,53)(H,54,55)/b7-5+,8-6+,12-10+,13-11+,16-14+,18-17+,21-20+,30-27+,34-32+/t44?,45-/m0/s1. The Morgan fingerprint density at radius 1 is 0.533 bits per heavy atom.